The van der Waals surface area contributed by atoms with Gasteiger partial charge in [0.1, 0.15) is 6.10 Å². The quantitative estimate of drug-likeness (QED) is 0.519. The molecule has 34 heavy (non-hydrogen) atoms. The number of carbonyl (C=O) groups is 1. The normalized spacial score (nSPS) is 35.5. The molecule has 5 aliphatic rings. The van der Waals surface area contributed by atoms with Crippen molar-refractivity contribution in [1.82, 2.24) is 20.2 Å². The Labute approximate surface area is 198 Å². The molecule has 2 aliphatic heterocycles. The zero-order chi connectivity index (χ0) is 23.1. The van der Waals surface area contributed by atoms with E-state index >= 15 is 0 Å². The van der Waals surface area contributed by atoms with Gasteiger partial charge in [-0.15, -0.1) is 0 Å². The third-order valence-electron chi connectivity index (χ3n) is 9.29. The van der Waals surface area contributed by atoms with E-state index in [0.29, 0.717) is 31.4 Å². The maximum Gasteiger partial charge on any atom is 0.220 e. The molecule has 0 radical (unpaired) electrons. The second kappa shape index (κ2) is 7.21. The number of aryl methyl sites for hydroxylation is 1. The summed E-state index contributed by atoms with van der Waals surface area (Å²) in [6.45, 7) is 1.97. The highest BCUT2D eigenvalue weighted by molar-refractivity contribution is 5.77. The van der Waals surface area contributed by atoms with Crippen LogP contribution >= 0.6 is 0 Å². The van der Waals surface area contributed by atoms with Gasteiger partial charge >= 0.3 is 0 Å². The third-order valence-corrected chi connectivity index (χ3v) is 9.29. The van der Waals surface area contributed by atoms with Crippen LogP contribution in [-0.4, -0.2) is 67.9 Å². The summed E-state index contributed by atoms with van der Waals surface area (Å²) in [5.74, 6) is 1.39. The monoisotopic (exact) mass is 464 g/mol. The number of imidazole rings is 1. The zero-order valence-electron chi connectivity index (χ0n) is 19.3. The van der Waals surface area contributed by atoms with Gasteiger partial charge in [-0.3, -0.25) is 9.69 Å². The molecule has 1 amide bonds. The van der Waals surface area contributed by atoms with Crippen LogP contribution in [0.5, 0.6) is 11.5 Å². The van der Waals surface area contributed by atoms with Crippen molar-refractivity contribution in [1.29, 1.82) is 0 Å². The molecule has 2 aromatic rings. The van der Waals surface area contributed by atoms with Crippen molar-refractivity contribution in [2.24, 2.45) is 5.92 Å². The fourth-order valence-electron chi connectivity index (χ4n) is 7.58. The molecule has 2 saturated carbocycles. The predicted molar refractivity (Wildman–Crippen MR) is 124 cm³/mol. The van der Waals surface area contributed by atoms with E-state index in [-0.39, 0.29) is 29.8 Å². The lowest BCUT2D eigenvalue weighted by atomic mass is 9.48. The number of phenolic OH excluding ortho intramolecular Hbond substituents is 1. The van der Waals surface area contributed by atoms with Crippen LogP contribution in [-0.2, 0) is 23.1 Å². The molecule has 3 aliphatic carbocycles. The molecule has 3 fully saturated rings. The van der Waals surface area contributed by atoms with Crippen LogP contribution in [0.15, 0.2) is 24.7 Å². The second-order valence-electron chi connectivity index (χ2n) is 11.1. The average Bonchev–Trinajstić information content (AvgIpc) is 3.33. The number of aromatic nitrogens is 2. The van der Waals surface area contributed by atoms with Gasteiger partial charge in [-0.25, -0.2) is 4.98 Å². The Hall–Kier alpha value is -2.58. The van der Waals surface area contributed by atoms with Crippen molar-refractivity contribution in [3.63, 3.8) is 0 Å². The number of benzene rings is 1. The minimum Gasteiger partial charge on any atom is -0.504 e. The summed E-state index contributed by atoms with van der Waals surface area (Å²) in [6.07, 6.45) is 9.38. The molecule has 5 atom stereocenters. The first-order chi connectivity index (χ1) is 16.5. The first-order valence-electron chi connectivity index (χ1n) is 12.7. The van der Waals surface area contributed by atoms with Crippen LogP contribution in [0.2, 0.25) is 0 Å². The first kappa shape index (κ1) is 20.8. The minimum atomic E-state index is -0.923. The molecular weight excluding hydrogens is 432 g/mol. The summed E-state index contributed by atoms with van der Waals surface area (Å²) in [4.78, 5) is 22.5. The maximum atomic E-state index is 12.9. The Morgan fingerprint density at radius 3 is 2.97 bits per heavy atom. The number of ether oxygens (including phenoxy) is 1. The SMILES string of the molecule is O=C(CCc1cnc[nH]1)N[C@@H]1CC[C@@]2(O)[C@H]3Cc4ccc(O)c5c4[C@@]2(CCN3CC2CC2)[C@H]1O5. The number of aliphatic hydroxyl groups is 1. The smallest absolute Gasteiger partial charge is 0.220 e. The van der Waals surface area contributed by atoms with Crippen LogP contribution in [0.1, 0.15) is 55.3 Å². The highest BCUT2D eigenvalue weighted by Crippen LogP contribution is 2.65. The van der Waals surface area contributed by atoms with E-state index in [9.17, 15) is 15.0 Å². The maximum absolute atomic E-state index is 12.9. The van der Waals surface area contributed by atoms with Gasteiger partial charge in [0, 0.05) is 36.5 Å². The molecule has 1 saturated heterocycles. The Morgan fingerprint density at radius 2 is 2.18 bits per heavy atom. The molecule has 0 unspecified atom stereocenters. The largest absolute Gasteiger partial charge is 0.504 e. The van der Waals surface area contributed by atoms with Crippen LogP contribution in [0.4, 0.5) is 0 Å². The Morgan fingerprint density at radius 1 is 1.29 bits per heavy atom. The molecule has 4 N–H and O–H groups in total. The number of carbonyl (C=O) groups excluding carboxylic acids is 1. The number of piperidine rings is 1. The van der Waals surface area contributed by atoms with Gasteiger partial charge in [0.2, 0.25) is 5.91 Å². The number of rotatable bonds is 6. The minimum absolute atomic E-state index is 0.0241. The number of hydrogen-bond acceptors (Lipinski definition) is 6. The lowest BCUT2D eigenvalue weighted by molar-refractivity contribution is -0.192. The topological polar surface area (TPSA) is 111 Å². The number of nitrogens with zero attached hydrogens (tertiary/aromatic N) is 2. The van der Waals surface area contributed by atoms with Gasteiger partial charge in [0.05, 0.1) is 23.4 Å². The molecule has 180 valence electrons. The highest BCUT2D eigenvalue weighted by Gasteiger charge is 2.73. The van der Waals surface area contributed by atoms with Crippen LogP contribution in [0.3, 0.4) is 0 Å². The molecule has 7 rings (SSSR count). The van der Waals surface area contributed by atoms with Gasteiger partial charge in [0.25, 0.3) is 0 Å². The van der Waals surface area contributed by atoms with Gasteiger partial charge in [0.15, 0.2) is 11.5 Å². The molecule has 2 bridgehead atoms. The Bertz CT molecular complexity index is 1130. The van der Waals surface area contributed by atoms with E-state index in [0.717, 1.165) is 43.1 Å². The highest BCUT2D eigenvalue weighted by atomic mass is 16.5. The standard InChI is InChI=1S/C26H32N4O4/c31-19-5-3-16-11-20-26(33)8-7-18(29-21(32)6-4-17-12-27-14-28-17)24-25(26,22(16)23(19)34-24)9-10-30(20)13-15-1-2-15/h3,5,12,14-15,18,20,24,31,33H,1-2,4,6-11,13H2,(H,27,28)(H,29,32)/t18-,20-,24+,25+,26-/m1/s1. The number of aromatic hydroxyl groups is 1. The van der Waals surface area contributed by atoms with Crippen LogP contribution in [0, 0.1) is 5.92 Å². The Balaban J connectivity index is 1.22. The fourth-order valence-corrected chi connectivity index (χ4v) is 7.58. The summed E-state index contributed by atoms with van der Waals surface area (Å²) >= 11 is 0. The number of phenols is 1. The third kappa shape index (κ3) is 2.78. The summed E-state index contributed by atoms with van der Waals surface area (Å²) in [5.41, 5.74) is 1.59. The van der Waals surface area contributed by atoms with Crippen LogP contribution < -0.4 is 10.1 Å². The molecular formula is C26H32N4O4. The van der Waals surface area contributed by atoms with Crippen LogP contribution in [0.25, 0.3) is 0 Å². The number of amides is 1. The van der Waals surface area contributed by atoms with Crippen molar-refractivity contribution < 1.29 is 19.7 Å². The van der Waals surface area contributed by atoms with Crippen molar-refractivity contribution in [3.05, 3.63) is 41.5 Å². The van der Waals surface area contributed by atoms with E-state index < -0.39 is 11.0 Å². The van der Waals surface area contributed by atoms with Gasteiger partial charge in [-0.1, -0.05) is 6.07 Å². The summed E-state index contributed by atoms with van der Waals surface area (Å²) in [6, 6.07) is 3.59. The molecule has 8 heteroatoms. The molecule has 1 aromatic heterocycles. The van der Waals surface area contributed by atoms with Gasteiger partial charge in [-0.2, -0.15) is 0 Å². The number of aromatic amines is 1. The molecule has 3 heterocycles. The fraction of sp³-hybridized carbons (Fsp3) is 0.615. The first-order valence-corrected chi connectivity index (χ1v) is 12.7. The summed E-state index contributed by atoms with van der Waals surface area (Å²) in [7, 11) is 0. The Kier molecular flexibility index (Phi) is 4.40. The molecule has 1 spiro atoms. The lowest BCUT2D eigenvalue weighted by Gasteiger charge is -2.64. The lowest BCUT2D eigenvalue weighted by Crippen LogP contribution is -2.78. The summed E-state index contributed by atoms with van der Waals surface area (Å²) in [5, 5.41) is 26.4. The predicted octanol–water partition coefficient (Wildman–Crippen LogP) is 1.80. The van der Waals surface area contributed by atoms with E-state index in [4.69, 9.17) is 4.74 Å². The second-order valence-corrected chi connectivity index (χ2v) is 11.1. The van der Waals surface area contributed by atoms with E-state index in [2.05, 4.69) is 20.2 Å². The van der Waals surface area contributed by atoms with Crippen molar-refractivity contribution in [3.8, 4) is 11.5 Å². The molecule has 8 nitrogen and oxygen atoms in total. The average molecular weight is 465 g/mol. The molecule has 1 aromatic carbocycles. The van der Waals surface area contributed by atoms with Gasteiger partial charge in [-0.05, 0) is 69.0 Å². The number of H-pyrrole nitrogens is 1. The van der Waals surface area contributed by atoms with Crippen molar-refractivity contribution >= 4 is 5.91 Å². The zero-order valence-corrected chi connectivity index (χ0v) is 19.3. The van der Waals surface area contributed by atoms with Gasteiger partial charge < -0.3 is 25.3 Å². The van der Waals surface area contributed by atoms with Crippen molar-refractivity contribution in [2.45, 2.75) is 80.6 Å². The van der Waals surface area contributed by atoms with E-state index in [1.807, 2.05) is 6.07 Å². The summed E-state index contributed by atoms with van der Waals surface area (Å²) < 4.78 is 6.51. The number of hydrogen-bond donors (Lipinski definition) is 4. The van der Waals surface area contributed by atoms with Crippen molar-refractivity contribution in [2.75, 3.05) is 13.1 Å². The number of nitrogens with one attached hydrogen (secondary N) is 2. The number of likely N-dealkylation sites (tertiary alicyclic amines) is 1. The van der Waals surface area contributed by atoms with E-state index in [1.54, 1.807) is 18.6 Å². The van der Waals surface area contributed by atoms with E-state index in [1.165, 1.54) is 18.4 Å².